The Morgan fingerprint density at radius 3 is 2.53 bits per heavy atom. The highest BCUT2D eigenvalue weighted by Crippen LogP contribution is 2.43. The molecule has 1 aromatic carbocycles. The summed E-state index contributed by atoms with van der Waals surface area (Å²) >= 11 is 0. The van der Waals surface area contributed by atoms with Crippen molar-refractivity contribution in [3.63, 3.8) is 0 Å². The Kier molecular flexibility index (Phi) is 2.85. The minimum absolute atomic E-state index is 0.101. The lowest BCUT2D eigenvalue weighted by Crippen LogP contribution is -2.62. The van der Waals surface area contributed by atoms with Crippen molar-refractivity contribution in [2.45, 2.75) is 19.4 Å². The zero-order chi connectivity index (χ0) is 13.3. The quantitative estimate of drug-likeness (QED) is 0.604. The van der Waals surface area contributed by atoms with Gasteiger partial charge in [-0.3, -0.25) is 4.79 Å². The number of β-lactam (4-membered cyclic amide) rings is 1. The van der Waals surface area contributed by atoms with Gasteiger partial charge in [-0.2, -0.15) is 0 Å². The summed E-state index contributed by atoms with van der Waals surface area (Å²) in [5.41, 5.74) is 0.576. The van der Waals surface area contributed by atoms with Crippen LogP contribution in [-0.2, 0) is 16.1 Å². The summed E-state index contributed by atoms with van der Waals surface area (Å²) in [6.07, 6.45) is 4.96. The Bertz CT molecular complexity index is 528. The van der Waals surface area contributed by atoms with Crippen LogP contribution in [0.4, 0.5) is 4.79 Å². The van der Waals surface area contributed by atoms with E-state index >= 15 is 0 Å². The lowest BCUT2D eigenvalue weighted by molar-refractivity contribution is -0.155. The van der Waals surface area contributed by atoms with Gasteiger partial charge >= 0.3 is 6.09 Å². The molecule has 1 aliphatic carbocycles. The topological polar surface area (TPSA) is 46.6 Å². The van der Waals surface area contributed by atoms with Crippen molar-refractivity contribution in [1.82, 2.24) is 4.90 Å². The first-order valence-electron chi connectivity index (χ1n) is 6.39. The Hall–Kier alpha value is -2.10. The molecular weight excluding hydrogens is 242 g/mol. The van der Waals surface area contributed by atoms with E-state index < -0.39 is 6.09 Å². The van der Waals surface area contributed by atoms with E-state index in [2.05, 4.69) is 0 Å². The summed E-state index contributed by atoms with van der Waals surface area (Å²) < 4.78 is 5.15. The second-order valence-electron chi connectivity index (χ2n) is 5.09. The molecular formula is C15H15NO3. The first-order valence-corrected chi connectivity index (χ1v) is 6.39. The second-order valence-corrected chi connectivity index (χ2v) is 5.09. The van der Waals surface area contributed by atoms with E-state index in [0.717, 1.165) is 18.4 Å². The molecule has 2 aliphatic rings. The molecule has 1 aliphatic heterocycles. The normalized spacial score (nSPS) is 19.6. The number of amides is 2. The highest BCUT2D eigenvalue weighted by Gasteiger charge is 2.54. The molecule has 1 heterocycles. The Labute approximate surface area is 111 Å². The molecule has 1 spiro atoms. The van der Waals surface area contributed by atoms with Gasteiger partial charge in [-0.05, 0) is 18.4 Å². The van der Waals surface area contributed by atoms with Gasteiger partial charge in [0.15, 0.2) is 0 Å². The predicted molar refractivity (Wildman–Crippen MR) is 69.1 cm³/mol. The molecule has 0 radical (unpaired) electrons. The number of carbonyl (C=O) groups excluding carboxylic acids is 2. The molecule has 0 bridgehead atoms. The van der Waals surface area contributed by atoms with E-state index in [1.807, 2.05) is 42.5 Å². The van der Waals surface area contributed by atoms with Crippen LogP contribution in [0.25, 0.3) is 0 Å². The standard InChI is InChI=1S/C15H15NO3/c17-13-15(8-4-5-9-15)11-16(13)14(18)19-10-12-6-2-1-3-7-12/h1-7H,8-11H2. The van der Waals surface area contributed by atoms with Gasteiger partial charge < -0.3 is 4.74 Å². The zero-order valence-corrected chi connectivity index (χ0v) is 10.5. The fraction of sp³-hybridized carbons (Fsp3) is 0.333. The molecule has 98 valence electrons. The summed E-state index contributed by atoms with van der Waals surface area (Å²) in [4.78, 5) is 25.0. The molecule has 0 unspecified atom stereocenters. The van der Waals surface area contributed by atoms with Gasteiger partial charge in [0.25, 0.3) is 0 Å². The predicted octanol–water partition coefficient (Wildman–Crippen LogP) is 2.50. The molecule has 2 amide bonds. The maximum absolute atomic E-state index is 12.0. The summed E-state index contributed by atoms with van der Waals surface area (Å²) in [5.74, 6) is -0.101. The summed E-state index contributed by atoms with van der Waals surface area (Å²) in [5, 5.41) is 0. The summed E-state index contributed by atoms with van der Waals surface area (Å²) in [6, 6.07) is 9.44. The lowest BCUT2D eigenvalue weighted by atomic mass is 9.77. The molecule has 4 heteroatoms. The molecule has 4 nitrogen and oxygen atoms in total. The van der Waals surface area contributed by atoms with Crippen LogP contribution >= 0.6 is 0 Å². The van der Waals surface area contributed by atoms with Crippen LogP contribution in [0.3, 0.4) is 0 Å². The smallest absolute Gasteiger partial charge is 0.416 e. The first-order chi connectivity index (χ1) is 9.21. The minimum Gasteiger partial charge on any atom is -0.444 e. The van der Waals surface area contributed by atoms with Crippen LogP contribution < -0.4 is 0 Å². The molecule has 0 N–H and O–H groups in total. The molecule has 0 atom stereocenters. The van der Waals surface area contributed by atoms with Gasteiger partial charge in [-0.15, -0.1) is 0 Å². The largest absolute Gasteiger partial charge is 0.444 e. The van der Waals surface area contributed by atoms with Crippen LogP contribution in [0.15, 0.2) is 42.5 Å². The minimum atomic E-state index is -0.536. The molecule has 0 saturated carbocycles. The third-order valence-electron chi connectivity index (χ3n) is 3.77. The van der Waals surface area contributed by atoms with Crippen LogP contribution in [-0.4, -0.2) is 23.4 Å². The van der Waals surface area contributed by atoms with Crippen LogP contribution in [0.5, 0.6) is 0 Å². The maximum atomic E-state index is 12.0. The fourth-order valence-electron chi connectivity index (χ4n) is 2.59. The number of ether oxygens (including phenoxy) is 1. The van der Waals surface area contributed by atoms with Gasteiger partial charge in [0, 0.05) is 6.54 Å². The average Bonchev–Trinajstić information content (AvgIpc) is 2.95. The van der Waals surface area contributed by atoms with Crippen molar-refractivity contribution in [3.05, 3.63) is 48.0 Å². The fourth-order valence-corrected chi connectivity index (χ4v) is 2.59. The third-order valence-corrected chi connectivity index (χ3v) is 3.77. The number of carbonyl (C=O) groups is 2. The Morgan fingerprint density at radius 1 is 1.21 bits per heavy atom. The number of benzene rings is 1. The molecule has 0 aromatic heterocycles. The highest BCUT2D eigenvalue weighted by atomic mass is 16.6. The monoisotopic (exact) mass is 257 g/mol. The van der Waals surface area contributed by atoms with E-state index in [1.54, 1.807) is 0 Å². The number of likely N-dealkylation sites (tertiary alicyclic amines) is 1. The van der Waals surface area contributed by atoms with E-state index in [0.29, 0.717) is 6.54 Å². The third kappa shape index (κ3) is 2.03. The molecule has 1 aromatic rings. The number of nitrogens with zero attached hydrogens (tertiary/aromatic N) is 1. The van der Waals surface area contributed by atoms with E-state index in [1.165, 1.54) is 4.90 Å². The van der Waals surface area contributed by atoms with E-state index in [-0.39, 0.29) is 17.9 Å². The highest BCUT2D eigenvalue weighted by molar-refractivity contribution is 6.01. The van der Waals surface area contributed by atoms with Crippen molar-refractivity contribution < 1.29 is 14.3 Å². The lowest BCUT2D eigenvalue weighted by Gasteiger charge is -2.44. The van der Waals surface area contributed by atoms with Gasteiger partial charge in [-0.1, -0.05) is 42.5 Å². The number of imide groups is 1. The Morgan fingerprint density at radius 2 is 1.89 bits per heavy atom. The van der Waals surface area contributed by atoms with Crippen molar-refractivity contribution in [1.29, 1.82) is 0 Å². The van der Waals surface area contributed by atoms with Gasteiger partial charge in [0.05, 0.1) is 5.41 Å². The van der Waals surface area contributed by atoms with Gasteiger partial charge in [0.1, 0.15) is 6.61 Å². The summed E-state index contributed by atoms with van der Waals surface area (Å²) in [6.45, 7) is 0.682. The molecule has 19 heavy (non-hydrogen) atoms. The van der Waals surface area contributed by atoms with Gasteiger partial charge in [-0.25, -0.2) is 9.69 Å². The van der Waals surface area contributed by atoms with Crippen molar-refractivity contribution in [2.75, 3.05) is 6.54 Å². The first kappa shape index (κ1) is 12.0. The summed E-state index contributed by atoms with van der Waals surface area (Å²) in [7, 11) is 0. The van der Waals surface area contributed by atoms with Gasteiger partial charge in [0.2, 0.25) is 5.91 Å². The number of allylic oxidation sites excluding steroid dienone is 2. The Balaban J connectivity index is 1.54. The SMILES string of the molecule is O=C(OCc1ccccc1)N1CC2(CC=CC2)C1=O. The van der Waals surface area contributed by atoms with Crippen LogP contribution in [0.2, 0.25) is 0 Å². The van der Waals surface area contributed by atoms with Crippen molar-refractivity contribution in [2.24, 2.45) is 5.41 Å². The van der Waals surface area contributed by atoms with Crippen LogP contribution in [0.1, 0.15) is 18.4 Å². The molecule has 1 fully saturated rings. The van der Waals surface area contributed by atoms with Crippen molar-refractivity contribution >= 4 is 12.0 Å². The maximum Gasteiger partial charge on any atom is 0.416 e. The second kappa shape index (κ2) is 4.53. The van der Waals surface area contributed by atoms with E-state index in [4.69, 9.17) is 4.74 Å². The molecule has 1 saturated heterocycles. The van der Waals surface area contributed by atoms with Crippen LogP contribution in [0, 0.1) is 5.41 Å². The molecule has 3 rings (SSSR count). The number of hydrogen-bond donors (Lipinski definition) is 0. The van der Waals surface area contributed by atoms with Crippen molar-refractivity contribution in [3.8, 4) is 0 Å². The zero-order valence-electron chi connectivity index (χ0n) is 10.5. The number of rotatable bonds is 2. The average molecular weight is 257 g/mol. The number of hydrogen-bond acceptors (Lipinski definition) is 3. The van der Waals surface area contributed by atoms with E-state index in [9.17, 15) is 9.59 Å².